The van der Waals surface area contributed by atoms with Gasteiger partial charge in [-0.15, -0.1) is 12.4 Å². The van der Waals surface area contributed by atoms with Crippen LogP contribution in [0.25, 0.3) is 0 Å². The average molecular weight is 366 g/mol. The summed E-state index contributed by atoms with van der Waals surface area (Å²) in [7, 11) is 1.82. The number of fused-ring (bicyclic) bond motifs is 2. The molecule has 0 unspecified atom stereocenters. The highest BCUT2D eigenvalue weighted by atomic mass is 35.5. The number of nitrogens with two attached hydrogens (primary N) is 1. The number of amides is 1. The van der Waals surface area contributed by atoms with E-state index in [1.165, 1.54) is 32.1 Å². The van der Waals surface area contributed by atoms with Gasteiger partial charge in [-0.3, -0.25) is 14.7 Å². The SMILES string of the molecule is CO[C@]1(c2ccnc(C(N)=O)c2)[C@@H]2CCC[C@H]1CN(C1(C)CC1)C2.Cl. The first-order chi connectivity index (χ1) is 11.5. The molecule has 2 bridgehead atoms. The third-order valence-electron chi connectivity index (χ3n) is 6.74. The molecule has 25 heavy (non-hydrogen) atoms. The molecule has 2 saturated carbocycles. The molecule has 138 valence electrons. The molecule has 2 aliphatic carbocycles. The molecule has 6 heteroatoms. The molecule has 3 fully saturated rings. The predicted octanol–water partition coefficient (Wildman–Crippen LogP) is 2.73. The summed E-state index contributed by atoms with van der Waals surface area (Å²) in [6.07, 6.45) is 7.93. The molecule has 2 heterocycles. The van der Waals surface area contributed by atoms with E-state index in [-0.39, 0.29) is 18.0 Å². The van der Waals surface area contributed by atoms with Crippen LogP contribution < -0.4 is 5.73 Å². The minimum Gasteiger partial charge on any atom is -0.373 e. The summed E-state index contributed by atoms with van der Waals surface area (Å²) in [6.45, 7) is 4.55. The van der Waals surface area contributed by atoms with Gasteiger partial charge in [-0.2, -0.15) is 0 Å². The van der Waals surface area contributed by atoms with Crippen molar-refractivity contribution < 1.29 is 9.53 Å². The Morgan fingerprint density at radius 1 is 1.32 bits per heavy atom. The van der Waals surface area contributed by atoms with Crippen LogP contribution in [0, 0.1) is 11.8 Å². The highest BCUT2D eigenvalue weighted by molar-refractivity contribution is 5.90. The quantitative estimate of drug-likeness (QED) is 0.890. The zero-order valence-corrected chi connectivity index (χ0v) is 15.8. The Morgan fingerprint density at radius 3 is 2.48 bits per heavy atom. The van der Waals surface area contributed by atoms with Crippen LogP contribution in [0.3, 0.4) is 0 Å². The van der Waals surface area contributed by atoms with Crippen molar-refractivity contribution in [3.8, 4) is 0 Å². The highest BCUT2D eigenvalue weighted by Gasteiger charge is 2.57. The van der Waals surface area contributed by atoms with Gasteiger partial charge in [0.1, 0.15) is 11.3 Å². The van der Waals surface area contributed by atoms with Crippen molar-refractivity contribution in [2.75, 3.05) is 20.2 Å². The molecule has 3 atom stereocenters. The van der Waals surface area contributed by atoms with E-state index in [0.717, 1.165) is 18.7 Å². The van der Waals surface area contributed by atoms with E-state index in [9.17, 15) is 4.79 Å². The summed E-state index contributed by atoms with van der Waals surface area (Å²) in [5.41, 5.74) is 6.95. The highest BCUT2D eigenvalue weighted by Crippen LogP contribution is 2.55. The van der Waals surface area contributed by atoms with Crippen molar-refractivity contribution in [3.05, 3.63) is 29.6 Å². The Labute approximate surface area is 155 Å². The number of likely N-dealkylation sites (tertiary alicyclic amines) is 1. The second kappa shape index (κ2) is 6.53. The van der Waals surface area contributed by atoms with Crippen LogP contribution in [0.1, 0.15) is 55.1 Å². The van der Waals surface area contributed by atoms with Crippen LogP contribution in [-0.2, 0) is 10.3 Å². The molecular formula is C19H28ClN3O2. The summed E-state index contributed by atoms with van der Waals surface area (Å²) in [5, 5.41) is 0. The van der Waals surface area contributed by atoms with Crippen LogP contribution >= 0.6 is 12.4 Å². The number of hydrogen-bond acceptors (Lipinski definition) is 4. The monoisotopic (exact) mass is 365 g/mol. The van der Waals surface area contributed by atoms with Gasteiger partial charge in [0.05, 0.1) is 0 Å². The van der Waals surface area contributed by atoms with Crippen molar-refractivity contribution in [2.45, 2.75) is 50.2 Å². The maximum absolute atomic E-state index is 11.6. The number of carbonyl (C=O) groups excluding carboxylic acids is 1. The predicted molar refractivity (Wildman–Crippen MR) is 98.7 cm³/mol. The van der Waals surface area contributed by atoms with Crippen LogP contribution in [0.15, 0.2) is 18.3 Å². The van der Waals surface area contributed by atoms with Crippen molar-refractivity contribution in [3.63, 3.8) is 0 Å². The maximum atomic E-state index is 11.6. The molecule has 4 rings (SSSR count). The lowest BCUT2D eigenvalue weighted by Gasteiger charge is -2.56. The molecule has 2 N–H and O–H groups in total. The maximum Gasteiger partial charge on any atom is 0.267 e. The number of carbonyl (C=O) groups is 1. The standard InChI is InChI=1S/C19H27N3O2.ClH/c1-18(7-8-18)22-11-14-4-3-5-15(12-22)19(14,24-2)13-6-9-21-16(10-13)17(20)23;/h6,9-10,14-15H,3-5,7-8,11-12H2,1-2H3,(H2,20,23);1H/t14-,15+,19-;. The number of piperidine rings is 1. The van der Waals surface area contributed by atoms with Gasteiger partial charge in [-0.1, -0.05) is 6.42 Å². The fraction of sp³-hybridized carbons (Fsp3) is 0.684. The number of rotatable bonds is 4. The number of hydrogen-bond donors (Lipinski definition) is 1. The Morgan fingerprint density at radius 2 is 1.96 bits per heavy atom. The van der Waals surface area contributed by atoms with Crippen molar-refractivity contribution >= 4 is 18.3 Å². The fourth-order valence-corrected chi connectivity index (χ4v) is 5.10. The summed E-state index contributed by atoms with van der Waals surface area (Å²) in [5.74, 6) is 0.433. The van der Waals surface area contributed by atoms with E-state index in [4.69, 9.17) is 10.5 Å². The first kappa shape index (κ1) is 18.6. The minimum absolute atomic E-state index is 0. The Hall–Kier alpha value is -1.17. The number of halogens is 1. The molecule has 1 saturated heterocycles. The smallest absolute Gasteiger partial charge is 0.267 e. The summed E-state index contributed by atoms with van der Waals surface area (Å²) >= 11 is 0. The number of ether oxygens (including phenoxy) is 1. The second-order valence-corrected chi connectivity index (χ2v) is 8.02. The van der Waals surface area contributed by atoms with Gasteiger partial charge in [0, 0.05) is 43.8 Å². The summed E-state index contributed by atoms with van der Waals surface area (Å²) < 4.78 is 6.24. The average Bonchev–Trinajstić information content (AvgIpc) is 3.32. The molecule has 0 spiro atoms. The number of aromatic nitrogens is 1. The van der Waals surface area contributed by atoms with Gasteiger partial charge >= 0.3 is 0 Å². The van der Waals surface area contributed by atoms with Crippen molar-refractivity contribution in [1.82, 2.24) is 9.88 Å². The molecular weight excluding hydrogens is 338 g/mol. The van der Waals surface area contributed by atoms with E-state index in [1.807, 2.05) is 19.2 Å². The van der Waals surface area contributed by atoms with Crippen LogP contribution in [0.2, 0.25) is 0 Å². The molecule has 0 radical (unpaired) electrons. The molecule has 1 aliphatic heterocycles. The molecule has 1 amide bonds. The van der Waals surface area contributed by atoms with Crippen LogP contribution in [-0.4, -0.2) is 41.5 Å². The largest absolute Gasteiger partial charge is 0.373 e. The normalized spacial score (nSPS) is 33.4. The lowest BCUT2D eigenvalue weighted by molar-refractivity contribution is -0.175. The number of primary amides is 1. The van der Waals surface area contributed by atoms with E-state index >= 15 is 0 Å². The third-order valence-corrected chi connectivity index (χ3v) is 6.74. The van der Waals surface area contributed by atoms with Crippen LogP contribution in [0.5, 0.6) is 0 Å². The first-order valence-electron chi connectivity index (χ1n) is 9.06. The number of nitrogens with zero attached hydrogens (tertiary/aromatic N) is 2. The Bertz CT molecular complexity index is 648. The zero-order valence-electron chi connectivity index (χ0n) is 15.0. The van der Waals surface area contributed by atoms with Gasteiger partial charge < -0.3 is 10.5 Å². The number of methoxy groups -OCH3 is 1. The fourth-order valence-electron chi connectivity index (χ4n) is 5.10. The number of pyridine rings is 1. The second-order valence-electron chi connectivity index (χ2n) is 8.02. The molecule has 1 aromatic heterocycles. The van der Waals surface area contributed by atoms with Gasteiger partial charge in [0.15, 0.2) is 0 Å². The van der Waals surface area contributed by atoms with Crippen molar-refractivity contribution in [1.29, 1.82) is 0 Å². The molecule has 0 aromatic carbocycles. The summed E-state index contributed by atoms with van der Waals surface area (Å²) in [4.78, 5) is 18.4. The Kier molecular flexibility index (Phi) is 4.86. The lowest BCUT2D eigenvalue weighted by Crippen LogP contribution is -2.61. The lowest BCUT2D eigenvalue weighted by atomic mass is 9.62. The van der Waals surface area contributed by atoms with E-state index < -0.39 is 5.91 Å². The van der Waals surface area contributed by atoms with E-state index in [1.54, 1.807) is 6.20 Å². The third kappa shape index (κ3) is 2.86. The molecule has 5 nitrogen and oxygen atoms in total. The topological polar surface area (TPSA) is 68.5 Å². The van der Waals surface area contributed by atoms with Gasteiger partial charge in [0.2, 0.25) is 0 Å². The minimum atomic E-state index is -0.476. The molecule has 1 aromatic rings. The summed E-state index contributed by atoms with van der Waals surface area (Å²) in [6, 6.07) is 3.86. The Balaban J connectivity index is 0.00000182. The van der Waals surface area contributed by atoms with Gasteiger partial charge in [-0.05, 0) is 50.3 Å². The van der Waals surface area contributed by atoms with Crippen LogP contribution in [0.4, 0.5) is 0 Å². The zero-order chi connectivity index (χ0) is 16.9. The van der Waals surface area contributed by atoms with Gasteiger partial charge in [-0.25, -0.2) is 0 Å². The first-order valence-corrected chi connectivity index (χ1v) is 9.06. The van der Waals surface area contributed by atoms with Crippen molar-refractivity contribution in [2.24, 2.45) is 17.6 Å². The molecule has 3 aliphatic rings. The van der Waals surface area contributed by atoms with E-state index in [2.05, 4.69) is 16.8 Å². The van der Waals surface area contributed by atoms with E-state index in [0.29, 0.717) is 23.1 Å². The van der Waals surface area contributed by atoms with Gasteiger partial charge in [0.25, 0.3) is 5.91 Å².